The van der Waals surface area contributed by atoms with Crippen molar-refractivity contribution in [2.24, 2.45) is 5.73 Å². The fourth-order valence-corrected chi connectivity index (χ4v) is 1.82. The molecule has 0 aliphatic heterocycles. The first-order valence-electron chi connectivity index (χ1n) is 5.05. The number of aromatic nitrogens is 2. The quantitative estimate of drug-likeness (QED) is 0.790. The van der Waals surface area contributed by atoms with Crippen molar-refractivity contribution in [1.29, 1.82) is 0 Å². The monoisotopic (exact) mass is 219 g/mol. The zero-order valence-corrected chi connectivity index (χ0v) is 9.15. The predicted octanol–water partition coefficient (Wildman–Crippen LogP) is 1.01. The Balaban J connectivity index is 2.90. The summed E-state index contributed by atoms with van der Waals surface area (Å²) >= 11 is 0. The lowest BCUT2D eigenvalue weighted by molar-refractivity contribution is 0.100. The van der Waals surface area contributed by atoms with E-state index in [4.69, 9.17) is 5.73 Å². The number of primary amides is 1. The Bertz CT molecular complexity index is 607. The molecule has 16 heavy (non-hydrogen) atoms. The van der Waals surface area contributed by atoms with E-state index in [0.717, 1.165) is 0 Å². The molecule has 0 bridgehead atoms. The highest BCUT2D eigenvalue weighted by Gasteiger charge is 2.14. The van der Waals surface area contributed by atoms with Crippen molar-refractivity contribution >= 4 is 16.8 Å². The second-order valence-corrected chi connectivity index (χ2v) is 3.97. The molecule has 0 fully saturated rings. The molecule has 2 rings (SSSR count). The summed E-state index contributed by atoms with van der Waals surface area (Å²) in [6.45, 7) is 3.90. The minimum absolute atomic E-state index is 0.119. The van der Waals surface area contributed by atoms with E-state index in [0.29, 0.717) is 10.9 Å². The molecule has 0 radical (unpaired) electrons. The van der Waals surface area contributed by atoms with E-state index in [1.54, 1.807) is 22.9 Å². The van der Waals surface area contributed by atoms with Gasteiger partial charge in [-0.15, -0.1) is 0 Å². The van der Waals surface area contributed by atoms with Gasteiger partial charge in [0.1, 0.15) is 0 Å². The minimum atomic E-state index is -0.586. The van der Waals surface area contributed by atoms with Crippen LogP contribution in [0.15, 0.2) is 23.0 Å². The lowest BCUT2D eigenvalue weighted by atomic mass is 10.1. The van der Waals surface area contributed by atoms with Crippen LogP contribution in [0.25, 0.3) is 10.9 Å². The number of carbonyl (C=O) groups excluding carboxylic acids is 1. The number of amides is 1. The van der Waals surface area contributed by atoms with Gasteiger partial charge in [0.2, 0.25) is 5.91 Å². The van der Waals surface area contributed by atoms with Gasteiger partial charge in [0, 0.05) is 6.04 Å². The summed E-state index contributed by atoms with van der Waals surface area (Å²) in [7, 11) is 0. The van der Waals surface area contributed by atoms with Gasteiger partial charge in [-0.25, -0.2) is 0 Å². The molecular weight excluding hydrogens is 206 g/mol. The van der Waals surface area contributed by atoms with Crippen LogP contribution >= 0.6 is 0 Å². The second-order valence-electron chi connectivity index (χ2n) is 3.97. The van der Waals surface area contributed by atoms with Crippen molar-refractivity contribution in [1.82, 2.24) is 9.78 Å². The Morgan fingerprint density at radius 2 is 2.12 bits per heavy atom. The van der Waals surface area contributed by atoms with Gasteiger partial charge in [0.15, 0.2) is 0 Å². The van der Waals surface area contributed by atoms with Gasteiger partial charge in [0.25, 0.3) is 5.56 Å². The van der Waals surface area contributed by atoms with Crippen LogP contribution in [0, 0.1) is 0 Å². The first kappa shape index (κ1) is 10.5. The topological polar surface area (TPSA) is 80.9 Å². The zero-order valence-electron chi connectivity index (χ0n) is 9.15. The standard InChI is InChI=1S/C11H13N3O2/c1-6(2)14-8-5-3-4-7(10(12)15)9(8)11(16)13-14/h3-6H,1-2H3,(H2,12,15)(H,13,16). The van der Waals surface area contributed by atoms with Crippen LogP contribution in [0.5, 0.6) is 0 Å². The number of benzene rings is 1. The third-order valence-corrected chi connectivity index (χ3v) is 2.53. The molecular formula is C11H13N3O2. The van der Waals surface area contributed by atoms with E-state index in [2.05, 4.69) is 5.10 Å². The summed E-state index contributed by atoms with van der Waals surface area (Å²) in [5, 5.41) is 3.07. The van der Waals surface area contributed by atoms with Gasteiger partial charge >= 0.3 is 0 Å². The number of carbonyl (C=O) groups is 1. The van der Waals surface area contributed by atoms with E-state index in [1.807, 2.05) is 13.8 Å². The molecule has 84 valence electrons. The van der Waals surface area contributed by atoms with Gasteiger partial charge in [0.05, 0.1) is 16.5 Å². The maximum absolute atomic E-state index is 11.7. The van der Waals surface area contributed by atoms with Crippen LogP contribution in [0.3, 0.4) is 0 Å². The molecule has 0 aliphatic rings. The first-order valence-corrected chi connectivity index (χ1v) is 5.05. The van der Waals surface area contributed by atoms with E-state index in [-0.39, 0.29) is 17.2 Å². The number of nitrogens with one attached hydrogen (secondary N) is 1. The number of rotatable bonds is 2. The molecule has 3 N–H and O–H groups in total. The van der Waals surface area contributed by atoms with Crippen molar-refractivity contribution in [3.8, 4) is 0 Å². The summed E-state index contributed by atoms with van der Waals surface area (Å²) in [6.07, 6.45) is 0. The Kier molecular flexibility index (Phi) is 2.30. The highest BCUT2D eigenvalue weighted by Crippen LogP contribution is 2.17. The third-order valence-electron chi connectivity index (χ3n) is 2.53. The molecule has 0 spiro atoms. The van der Waals surface area contributed by atoms with Gasteiger partial charge < -0.3 is 5.73 Å². The molecule has 1 aromatic carbocycles. The zero-order chi connectivity index (χ0) is 11.9. The smallest absolute Gasteiger partial charge is 0.272 e. The molecule has 5 nitrogen and oxygen atoms in total. The second kappa shape index (κ2) is 3.52. The Labute approximate surface area is 91.8 Å². The van der Waals surface area contributed by atoms with Crippen molar-refractivity contribution in [3.63, 3.8) is 0 Å². The van der Waals surface area contributed by atoms with E-state index >= 15 is 0 Å². The first-order chi connectivity index (χ1) is 7.52. The number of hydrogen-bond acceptors (Lipinski definition) is 2. The average molecular weight is 219 g/mol. The number of H-pyrrole nitrogens is 1. The summed E-state index contributed by atoms with van der Waals surface area (Å²) in [5.74, 6) is -0.586. The molecule has 1 heterocycles. The van der Waals surface area contributed by atoms with Crippen molar-refractivity contribution < 1.29 is 4.79 Å². The summed E-state index contributed by atoms with van der Waals surface area (Å²) in [4.78, 5) is 23.0. The minimum Gasteiger partial charge on any atom is -0.366 e. The molecule has 0 saturated heterocycles. The highest BCUT2D eigenvalue weighted by molar-refractivity contribution is 6.05. The molecule has 5 heteroatoms. The van der Waals surface area contributed by atoms with E-state index < -0.39 is 5.91 Å². The number of nitrogens with zero attached hydrogens (tertiary/aromatic N) is 1. The SMILES string of the molecule is CC(C)n1[nH]c(=O)c2c(C(N)=O)cccc21. The summed E-state index contributed by atoms with van der Waals surface area (Å²) in [6, 6.07) is 5.19. The van der Waals surface area contributed by atoms with Crippen molar-refractivity contribution in [2.45, 2.75) is 19.9 Å². The number of hydrogen-bond donors (Lipinski definition) is 2. The third kappa shape index (κ3) is 1.41. The predicted molar refractivity (Wildman–Crippen MR) is 61.5 cm³/mol. The highest BCUT2D eigenvalue weighted by atomic mass is 16.1. The molecule has 2 aromatic rings. The Morgan fingerprint density at radius 1 is 1.44 bits per heavy atom. The van der Waals surface area contributed by atoms with Crippen LogP contribution in [-0.4, -0.2) is 15.7 Å². The van der Waals surface area contributed by atoms with Gasteiger partial charge in [-0.1, -0.05) is 6.07 Å². The maximum Gasteiger partial charge on any atom is 0.272 e. The van der Waals surface area contributed by atoms with E-state index in [9.17, 15) is 9.59 Å². The van der Waals surface area contributed by atoms with Gasteiger partial charge in [-0.2, -0.15) is 0 Å². The normalized spacial score (nSPS) is 11.2. The molecule has 0 unspecified atom stereocenters. The molecule has 0 aliphatic carbocycles. The average Bonchev–Trinajstić information content (AvgIpc) is 2.56. The fourth-order valence-electron chi connectivity index (χ4n) is 1.82. The number of nitrogens with two attached hydrogens (primary N) is 1. The van der Waals surface area contributed by atoms with E-state index in [1.165, 1.54) is 0 Å². The summed E-state index contributed by atoms with van der Waals surface area (Å²) in [5.41, 5.74) is 5.92. The molecule has 0 atom stereocenters. The van der Waals surface area contributed by atoms with Crippen LogP contribution in [-0.2, 0) is 0 Å². The van der Waals surface area contributed by atoms with Crippen molar-refractivity contribution in [3.05, 3.63) is 34.1 Å². The van der Waals surface area contributed by atoms with Crippen LogP contribution < -0.4 is 11.3 Å². The number of aromatic amines is 1. The molecule has 0 saturated carbocycles. The van der Waals surface area contributed by atoms with Crippen LogP contribution in [0.1, 0.15) is 30.2 Å². The lowest BCUT2D eigenvalue weighted by Crippen LogP contribution is -2.14. The van der Waals surface area contributed by atoms with Crippen LogP contribution in [0.4, 0.5) is 0 Å². The fraction of sp³-hybridized carbons (Fsp3) is 0.273. The molecule has 1 aromatic heterocycles. The van der Waals surface area contributed by atoms with Gasteiger partial charge in [-0.05, 0) is 26.0 Å². The summed E-state index contributed by atoms with van der Waals surface area (Å²) < 4.78 is 1.73. The largest absolute Gasteiger partial charge is 0.366 e. The molecule has 1 amide bonds. The Hall–Kier alpha value is -2.04. The van der Waals surface area contributed by atoms with Gasteiger partial charge in [-0.3, -0.25) is 19.4 Å². The van der Waals surface area contributed by atoms with Crippen LogP contribution in [0.2, 0.25) is 0 Å². The lowest BCUT2D eigenvalue weighted by Gasteiger charge is -2.07. The maximum atomic E-state index is 11.7. The Morgan fingerprint density at radius 3 is 2.69 bits per heavy atom. The van der Waals surface area contributed by atoms with Crippen molar-refractivity contribution in [2.75, 3.05) is 0 Å². The number of fused-ring (bicyclic) bond motifs is 1.